The van der Waals surface area contributed by atoms with Crippen LogP contribution in [-0.4, -0.2) is 16.0 Å². The molecule has 3 aromatic carbocycles. The number of halogens is 1. The predicted molar refractivity (Wildman–Crippen MR) is 118 cm³/mol. The second-order valence-corrected chi connectivity index (χ2v) is 8.09. The number of nitrogens with zero attached hydrogens (tertiary/aromatic N) is 2. The van der Waals surface area contributed by atoms with Crippen LogP contribution in [0.25, 0.3) is 11.4 Å². The third-order valence-corrected chi connectivity index (χ3v) is 5.88. The molecule has 2 unspecified atom stereocenters. The molecule has 0 bridgehead atoms. The zero-order valence-corrected chi connectivity index (χ0v) is 17.6. The molecule has 0 saturated heterocycles. The van der Waals surface area contributed by atoms with Crippen LogP contribution in [0.4, 0.5) is 4.39 Å². The van der Waals surface area contributed by atoms with Crippen LogP contribution in [-0.2, 0) is 4.79 Å². The van der Waals surface area contributed by atoms with Crippen molar-refractivity contribution in [1.82, 2.24) is 15.5 Å². The van der Waals surface area contributed by atoms with Gasteiger partial charge in [0, 0.05) is 10.5 Å². The largest absolute Gasteiger partial charge is 0.343 e. The number of rotatable bonds is 7. The molecule has 0 aliphatic heterocycles. The molecule has 1 heterocycles. The second kappa shape index (κ2) is 9.57. The van der Waals surface area contributed by atoms with Gasteiger partial charge in [0.05, 0.1) is 0 Å². The van der Waals surface area contributed by atoms with Gasteiger partial charge < -0.3 is 9.84 Å². The summed E-state index contributed by atoms with van der Waals surface area (Å²) < 4.78 is 18.5. The molecule has 0 saturated carbocycles. The van der Waals surface area contributed by atoms with Crippen molar-refractivity contribution in [3.63, 3.8) is 0 Å². The molecule has 5 nitrogen and oxygen atoms in total. The smallest absolute Gasteiger partial charge is 0.249 e. The molecule has 2 atom stereocenters. The fourth-order valence-corrected chi connectivity index (χ4v) is 4.07. The van der Waals surface area contributed by atoms with Crippen LogP contribution in [0.1, 0.15) is 29.7 Å². The number of nitrogens with one attached hydrogen (secondary N) is 1. The number of carbonyl (C=O) groups excluding carboxylic acids is 1. The minimum absolute atomic E-state index is 0.158. The lowest BCUT2D eigenvalue weighted by Crippen LogP contribution is -2.30. The lowest BCUT2D eigenvalue weighted by atomic mass is 10.1. The van der Waals surface area contributed by atoms with E-state index in [0.29, 0.717) is 11.4 Å². The topological polar surface area (TPSA) is 68.0 Å². The summed E-state index contributed by atoms with van der Waals surface area (Å²) in [4.78, 5) is 18.5. The van der Waals surface area contributed by atoms with Crippen LogP contribution in [0.15, 0.2) is 94.3 Å². The number of hydrogen-bond acceptors (Lipinski definition) is 5. The maximum Gasteiger partial charge on any atom is 0.249 e. The minimum Gasteiger partial charge on any atom is -0.343 e. The van der Waals surface area contributed by atoms with Gasteiger partial charge in [-0.1, -0.05) is 53.7 Å². The Hall–Kier alpha value is -3.45. The second-order valence-electron chi connectivity index (χ2n) is 6.92. The van der Waals surface area contributed by atoms with Gasteiger partial charge in [0.25, 0.3) is 0 Å². The first-order chi connectivity index (χ1) is 15.1. The van der Waals surface area contributed by atoms with Gasteiger partial charge in [0.1, 0.15) is 17.1 Å². The lowest BCUT2D eigenvalue weighted by Gasteiger charge is -2.19. The highest BCUT2D eigenvalue weighted by Gasteiger charge is 2.25. The molecule has 0 aliphatic rings. The molecule has 31 heavy (non-hydrogen) atoms. The number of amides is 1. The van der Waals surface area contributed by atoms with Crippen LogP contribution in [0.2, 0.25) is 0 Å². The van der Waals surface area contributed by atoms with Gasteiger partial charge in [-0.3, -0.25) is 4.79 Å². The molecular formula is C24H20FN3O2S. The Morgan fingerprint density at radius 3 is 2.29 bits per heavy atom. The Kier molecular flexibility index (Phi) is 6.43. The number of thioether (sulfide) groups is 1. The number of hydrogen-bond donors (Lipinski definition) is 1. The van der Waals surface area contributed by atoms with E-state index in [4.69, 9.17) is 4.52 Å². The highest BCUT2D eigenvalue weighted by Crippen LogP contribution is 2.35. The first-order valence-corrected chi connectivity index (χ1v) is 10.6. The lowest BCUT2D eigenvalue weighted by molar-refractivity contribution is -0.121. The van der Waals surface area contributed by atoms with E-state index in [9.17, 15) is 9.18 Å². The minimum atomic E-state index is -0.489. The molecule has 0 aliphatic carbocycles. The van der Waals surface area contributed by atoms with Gasteiger partial charge in [0.15, 0.2) is 0 Å². The van der Waals surface area contributed by atoms with Crippen molar-refractivity contribution in [2.24, 2.45) is 0 Å². The van der Waals surface area contributed by atoms with Gasteiger partial charge in [-0.2, -0.15) is 4.98 Å². The zero-order valence-electron chi connectivity index (χ0n) is 16.7. The number of carbonyl (C=O) groups is 1. The highest BCUT2D eigenvalue weighted by atomic mass is 32.2. The summed E-state index contributed by atoms with van der Waals surface area (Å²) in [5, 5.41) is 6.48. The molecule has 0 fully saturated rings. The monoisotopic (exact) mass is 433 g/mol. The quantitative estimate of drug-likeness (QED) is 0.385. The molecule has 1 aromatic heterocycles. The van der Waals surface area contributed by atoms with Crippen LogP contribution in [0.3, 0.4) is 0 Å². The van der Waals surface area contributed by atoms with Gasteiger partial charge in [-0.15, -0.1) is 11.8 Å². The summed E-state index contributed by atoms with van der Waals surface area (Å²) in [7, 11) is 0. The van der Waals surface area contributed by atoms with E-state index in [1.165, 1.54) is 23.9 Å². The van der Waals surface area contributed by atoms with Crippen molar-refractivity contribution in [3.05, 3.63) is 102 Å². The average molecular weight is 434 g/mol. The van der Waals surface area contributed by atoms with Gasteiger partial charge in [0.2, 0.25) is 17.6 Å². The van der Waals surface area contributed by atoms with Gasteiger partial charge in [-0.25, -0.2) is 4.39 Å². The van der Waals surface area contributed by atoms with E-state index < -0.39 is 11.3 Å². The summed E-state index contributed by atoms with van der Waals surface area (Å²) in [6.07, 6.45) is 0. The summed E-state index contributed by atoms with van der Waals surface area (Å²) in [5.41, 5.74) is 1.54. The van der Waals surface area contributed by atoms with Gasteiger partial charge in [-0.05, 0) is 48.9 Å². The summed E-state index contributed by atoms with van der Waals surface area (Å²) in [5.74, 6) is 0.128. The van der Waals surface area contributed by atoms with Crippen LogP contribution in [0.5, 0.6) is 0 Å². The zero-order chi connectivity index (χ0) is 21.6. The fourth-order valence-electron chi connectivity index (χ4n) is 3.01. The molecule has 0 spiro atoms. The van der Waals surface area contributed by atoms with E-state index in [1.54, 1.807) is 19.1 Å². The predicted octanol–water partition coefficient (Wildman–Crippen LogP) is 5.59. The standard InChI is InChI=1S/C24H20FN3O2S/c1-16(24-27-22(28-30-24)18-12-14-19(25)15-13-18)26-23(29)21(17-8-4-2-5-9-17)31-20-10-6-3-7-11-20/h2-16,21H,1H3,(H,26,29). The molecule has 4 aromatic rings. The van der Waals surface area contributed by atoms with Crippen LogP contribution in [0, 0.1) is 5.82 Å². The summed E-state index contributed by atoms with van der Waals surface area (Å²) in [6, 6.07) is 24.7. The van der Waals surface area contributed by atoms with E-state index in [2.05, 4.69) is 15.5 Å². The SMILES string of the molecule is CC(NC(=O)C(Sc1ccccc1)c1ccccc1)c1nc(-c2ccc(F)cc2)no1. The van der Waals surface area contributed by atoms with Crippen molar-refractivity contribution < 1.29 is 13.7 Å². The molecule has 0 radical (unpaired) electrons. The van der Waals surface area contributed by atoms with Crippen molar-refractivity contribution in [3.8, 4) is 11.4 Å². The van der Waals surface area contributed by atoms with Crippen molar-refractivity contribution >= 4 is 17.7 Å². The molecular weight excluding hydrogens is 413 g/mol. The van der Waals surface area contributed by atoms with Crippen molar-refractivity contribution in [2.75, 3.05) is 0 Å². The Balaban J connectivity index is 1.51. The number of aromatic nitrogens is 2. The third kappa shape index (κ3) is 5.19. The third-order valence-electron chi connectivity index (χ3n) is 4.61. The molecule has 156 valence electrons. The maximum atomic E-state index is 13.2. The first-order valence-electron chi connectivity index (χ1n) is 9.77. The van der Waals surface area contributed by atoms with E-state index >= 15 is 0 Å². The molecule has 1 amide bonds. The van der Waals surface area contributed by atoms with Crippen LogP contribution >= 0.6 is 11.8 Å². The highest BCUT2D eigenvalue weighted by molar-refractivity contribution is 8.00. The Morgan fingerprint density at radius 2 is 1.61 bits per heavy atom. The van der Waals surface area contributed by atoms with Crippen molar-refractivity contribution in [2.45, 2.75) is 23.1 Å². The number of benzene rings is 3. The summed E-state index contributed by atoms with van der Waals surface area (Å²) >= 11 is 1.48. The molecule has 1 N–H and O–H groups in total. The first kappa shape index (κ1) is 20.8. The van der Waals surface area contributed by atoms with Crippen LogP contribution < -0.4 is 5.32 Å². The molecule has 4 rings (SSSR count). The Labute approximate surface area is 183 Å². The van der Waals surface area contributed by atoms with Gasteiger partial charge >= 0.3 is 0 Å². The average Bonchev–Trinajstić information content (AvgIpc) is 3.30. The Bertz CT molecular complexity index is 1130. The maximum absolute atomic E-state index is 13.2. The van der Waals surface area contributed by atoms with E-state index in [-0.39, 0.29) is 17.6 Å². The van der Waals surface area contributed by atoms with E-state index in [1.807, 2.05) is 60.7 Å². The molecule has 7 heteroatoms. The Morgan fingerprint density at radius 1 is 0.968 bits per heavy atom. The normalized spacial score (nSPS) is 12.8. The summed E-state index contributed by atoms with van der Waals surface area (Å²) in [6.45, 7) is 1.79. The van der Waals surface area contributed by atoms with E-state index in [0.717, 1.165) is 10.5 Å². The van der Waals surface area contributed by atoms with Crippen molar-refractivity contribution in [1.29, 1.82) is 0 Å². The fraction of sp³-hybridized carbons (Fsp3) is 0.125.